The molecule has 0 aliphatic carbocycles. The fourth-order valence-electron chi connectivity index (χ4n) is 2.23. The van der Waals surface area contributed by atoms with Gasteiger partial charge < -0.3 is 19.5 Å². The number of methoxy groups -OCH3 is 1. The van der Waals surface area contributed by atoms with Gasteiger partial charge in [-0.1, -0.05) is 13.3 Å². The van der Waals surface area contributed by atoms with Gasteiger partial charge >= 0.3 is 5.97 Å². The Bertz CT molecular complexity index is 841. The summed E-state index contributed by atoms with van der Waals surface area (Å²) in [6, 6.07) is 7.23. The van der Waals surface area contributed by atoms with Crippen LogP contribution < -0.4 is 14.8 Å². The Morgan fingerprint density at radius 2 is 1.86 bits per heavy atom. The average Bonchev–Trinajstić information content (AvgIpc) is 2.68. The van der Waals surface area contributed by atoms with Gasteiger partial charge in [-0.25, -0.2) is 13.6 Å². The Hall–Kier alpha value is -3.16. The zero-order valence-electron chi connectivity index (χ0n) is 15.6. The lowest BCUT2D eigenvalue weighted by atomic mass is 10.2. The van der Waals surface area contributed by atoms with Crippen molar-refractivity contribution in [3.8, 4) is 11.5 Å². The van der Waals surface area contributed by atoms with Gasteiger partial charge in [0.05, 0.1) is 25.0 Å². The molecule has 150 valence electrons. The molecule has 0 aromatic heterocycles. The van der Waals surface area contributed by atoms with Gasteiger partial charge in [0.1, 0.15) is 11.6 Å². The summed E-state index contributed by atoms with van der Waals surface area (Å²) in [7, 11) is 1.45. The maximum atomic E-state index is 13.5. The predicted molar refractivity (Wildman–Crippen MR) is 98.7 cm³/mol. The summed E-state index contributed by atoms with van der Waals surface area (Å²) in [5, 5.41) is 2.20. The molecule has 0 bridgehead atoms. The molecule has 0 spiro atoms. The van der Waals surface area contributed by atoms with Crippen LogP contribution in [-0.4, -0.2) is 32.2 Å². The molecule has 1 N–H and O–H groups in total. The van der Waals surface area contributed by atoms with Crippen LogP contribution in [0.25, 0.3) is 0 Å². The molecule has 8 heteroatoms. The molecule has 1 amide bonds. The lowest BCUT2D eigenvalue weighted by molar-refractivity contribution is -0.119. The molecule has 0 saturated carbocycles. The number of esters is 1. The van der Waals surface area contributed by atoms with Crippen molar-refractivity contribution in [1.82, 2.24) is 0 Å². The largest absolute Gasteiger partial charge is 0.493 e. The number of hydrogen-bond donors (Lipinski definition) is 1. The van der Waals surface area contributed by atoms with Gasteiger partial charge in [-0.3, -0.25) is 4.79 Å². The highest BCUT2D eigenvalue weighted by molar-refractivity contribution is 5.95. The second kappa shape index (κ2) is 10.2. The lowest BCUT2D eigenvalue weighted by Crippen LogP contribution is -2.21. The van der Waals surface area contributed by atoms with Crippen LogP contribution in [0.2, 0.25) is 0 Å². The van der Waals surface area contributed by atoms with E-state index in [0.717, 1.165) is 25.0 Å². The van der Waals surface area contributed by atoms with E-state index in [1.165, 1.54) is 19.2 Å². The van der Waals surface area contributed by atoms with Crippen LogP contribution in [0.15, 0.2) is 36.4 Å². The Morgan fingerprint density at radius 3 is 2.54 bits per heavy atom. The smallest absolute Gasteiger partial charge is 0.338 e. The number of halogens is 2. The third kappa shape index (κ3) is 5.94. The molecule has 0 heterocycles. The summed E-state index contributed by atoms with van der Waals surface area (Å²) in [5.74, 6) is -2.35. The topological polar surface area (TPSA) is 73.9 Å². The summed E-state index contributed by atoms with van der Waals surface area (Å²) in [4.78, 5) is 23.9. The summed E-state index contributed by atoms with van der Waals surface area (Å²) >= 11 is 0. The first-order valence-corrected chi connectivity index (χ1v) is 8.67. The van der Waals surface area contributed by atoms with E-state index in [2.05, 4.69) is 5.32 Å². The van der Waals surface area contributed by atoms with Crippen molar-refractivity contribution >= 4 is 17.6 Å². The van der Waals surface area contributed by atoms with E-state index >= 15 is 0 Å². The molecule has 2 rings (SSSR count). The maximum absolute atomic E-state index is 13.5. The molecule has 0 aliphatic heterocycles. The van der Waals surface area contributed by atoms with Gasteiger partial charge in [0.15, 0.2) is 18.1 Å². The van der Waals surface area contributed by atoms with Crippen LogP contribution in [0, 0.1) is 11.6 Å². The first-order chi connectivity index (χ1) is 13.4. The quantitative estimate of drug-likeness (QED) is 0.516. The van der Waals surface area contributed by atoms with Crippen molar-refractivity contribution in [2.75, 3.05) is 25.6 Å². The molecular formula is C20H21F2NO5. The molecule has 0 atom stereocenters. The van der Waals surface area contributed by atoms with Gasteiger partial charge in [0, 0.05) is 6.07 Å². The van der Waals surface area contributed by atoms with Crippen LogP contribution in [0.4, 0.5) is 14.5 Å². The number of carbonyl (C=O) groups excluding carboxylic acids is 2. The summed E-state index contributed by atoms with van der Waals surface area (Å²) in [5.41, 5.74) is -0.0434. The zero-order valence-corrected chi connectivity index (χ0v) is 15.6. The van der Waals surface area contributed by atoms with E-state index in [0.29, 0.717) is 24.2 Å². The van der Waals surface area contributed by atoms with Crippen molar-refractivity contribution in [1.29, 1.82) is 0 Å². The van der Waals surface area contributed by atoms with E-state index in [4.69, 9.17) is 14.2 Å². The van der Waals surface area contributed by atoms with Gasteiger partial charge in [-0.2, -0.15) is 0 Å². The minimum Gasteiger partial charge on any atom is -0.493 e. The van der Waals surface area contributed by atoms with Crippen LogP contribution in [0.5, 0.6) is 11.5 Å². The monoisotopic (exact) mass is 393 g/mol. The summed E-state index contributed by atoms with van der Waals surface area (Å²) in [6.07, 6.45) is 1.87. The van der Waals surface area contributed by atoms with E-state index in [1.807, 2.05) is 6.92 Å². The van der Waals surface area contributed by atoms with Crippen LogP contribution in [0.1, 0.15) is 30.1 Å². The highest BCUT2D eigenvalue weighted by Gasteiger charge is 2.15. The van der Waals surface area contributed by atoms with Gasteiger partial charge in [0.2, 0.25) is 0 Å². The molecule has 28 heavy (non-hydrogen) atoms. The first kappa shape index (κ1) is 21.1. The fourth-order valence-corrected chi connectivity index (χ4v) is 2.23. The minimum absolute atomic E-state index is 0.167. The third-order valence-corrected chi connectivity index (χ3v) is 3.69. The number of carbonyl (C=O) groups is 2. The number of amides is 1. The second-order valence-electron chi connectivity index (χ2n) is 5.82. The normalized spacial score (nSPS) is 10.3. The molecule has 0 saturated heterocycles. The van der Waals surface area contributed by atoms with Crippen molar-refractivity contribution < 1.29 is 32.6 Å². The van der Waals surface area contributed by atoms with E-state index in [9.17, 15) is 18.4 Å². The zero-order chi connectivity index (χ0) is 20.5. The number of rotatable bonds is 9. The number of unbranched alkanes of at least 4 members (excludes halogenated alkanes) is 1. The average molecular weight is 393 g/mol. The number of hydrogen-bond acceptors (Lipinski definition) is 5. The Balaban J connectivity index is 1.93. The second-order valence-corrected chi connectivity index (χ2v) is 5.82. The molecule has 0 radical (unpaired) electrons. The SMILES string of the molecule is CCCCOc1ccc(C(=O)OCC(=O)Nc2ccc(F)cc2F)cc1OC. The van der Waals surface area contributed by atoms with Crippen LogP contribution >= 0.6 is 0 Å². The Labute approximate surface area is 161 Å². The first-order valence-electron chi connectivity index (χ1n) is 8.67. The standard InChI is InChI=1S/C20H21F2NO5/c1-3-4-9-27-17-8-5-13(10-18(17)26-2)20(25)28-12-19(24)23-16-7-6-14(21)11-15(16)22/h5-8,10-11H,3-4,9,12H2,1-2H3,(H,23,24). The van der Waals surface area contributed by atoms with Crippen molar-refractivity contribution in [3.63, 3.8) is 0 Å². The van der Waals surface area contributed by atoms with Crippen molar-refractivity contribution in [2.45, 2.75) is 19.8 Å². The molecular weight excluding hydrogens is 372 g/mol. The third-order valence-electron chi connectivity index (χ3n) is 3.69. The lowest BCUT2D eigenvalue weighted by Gasteiger charge is -2.12. The highest BCUT2D eigenvalue weighted by atomic mass is 19.1. The molecule has 0 aliphatic rings. The Morgan fingerprint density at radius 1 is 1.07 bits per heavy atom. The number of ether oxygens (including phenoxy) is 3. The highest BCUT2D eigenvalue weighted by Crippen LogP contribution is 2.28. The molecule has 2 aromatic carbocycles. The van der Waals surface area contributed by atoms with E-state index in [-0.39, 0.29) is 11.3 Å². The Kier molecular flexibility index (Phi) is 7.74. The van der Waals surface area contributed by atoms with Crippen LogP contribution in [0.3, 0.4) is 0 Å². The molecule has 0 fully saturated rings. The van der Waals surface area contributed by atoms with Gasteiger partial charge in [-0.15, -0.1) is 0 Å². The number of nitrogens with one attached hydrogen (secondary N) is 1. The van der Waals surface area contributed by atoms with E-state index < -0.39 is 30.1 Å². The van der Waals surface area contributed by atoms with Gasteiger partial charge in [0.25, 0.3) is 5.91 Å². The molecule has 0 unspecified atom stereocenters. The predicted octanol–water partition coefficient (Wildman–Crippen LogP) is 3.95. The number of benzene rings is 2. The van der Waals surface area contributed by atoms with Gasteiger partial charge in [-0.05, 0) is 36.8 Å². The van der Waals surface area contributed by atoms with Crippen molar-refractivity contribution in [2.24, 2.45) is 0 Å². The van der Waals surface area contributed by atoms with E-state index in [1.54, 1.807) is 6.07 Å². The maximum Gasteiger partial charge on any atom is 0.338 e. The minimum atomic E-state index is -0.928. The summed E-state index contributed by atoms with van der Waals surface area (Å²) in [6.45, 7) is 1.93. The van der Waals surface area contributed by atoms with Crippen molar-refractivity contribution in [3.05, 3.63) is 53.6 Å². The molecule has 6 nitrogen and oxygen atoms in total. The fraction of sp³-hybridized carbons (Fsp3) is 0.300. The number of anilines is 1. The summed E-state index contributed by atoms with van der Waals surface area (Å²) < 4.78 is 42.1. The van der Waals surface area contributed by atoms with Crippen LogP contribution in [-0.2, 0) is 9.53 Å². The molecule has 2 aromatic rings.